The van der Waals surface area contributed by atoms with Gasteiger partial charge in [0.1, 0.15) is 0 Å². The second-order valence-electron chi connectivity index (χ2n) is 4.47. The molecule has 0 atom stereocenters. The van der Waals surface area contributed by atoms with E-state index in [2.05, 4.69) is 4.90 Å². The molecule has 1 aliphatic carbocycles. The maximum Gasteiger partial charge on any atom is 0.186 e. The Bertz CT molecular complexity index is 354. The number of nitrogens with zero attached hydrogens (tertiary/aromatic N) is 1. The van der Waals surface area contributed by atoms with Crippen molar-refractivity contribution in [1.29, 1.82) is 0 Å². The first kappa shape index (κ1) is 10.8. The zero-order chi connectivity index (χ0) is 10.8. The van der Waals surface area contributed by atoms with Crippen molar-refractivity contribution in [1.82, 2.24) is 4.90 Å². The van der Waals surface area contributed by atoms with Crippen molar-refractivity contribution in [3.63, 3.8) is 0 Å². The van der Waals surface area contributed by atoms with Gasteiger partial charge in [0.25, 0.3) is 0 Å². The number of carbonyl (C=O) groups excluding carboxylic acids is 1. The largest absolute Gasteiger partial charge is 0.299 e. The monoisotopic (exact) mass is 223 g/mol. The topological polar surface area (TPSA) is 20.3 Å². The van der Waals surface area contributed by atoms with Crippen LogP contribution in [-0.4, -0.2) is 30.8 Å². The summed E-state index contributed by atoms with van der Waals surface area (Å²) in [6.07, 6.45) is 2.69. The van der Waals surface area contributed by atoms with Crippen molar-refractivity contribution >= 4 is 17.1 Å². The summed E-state index contributed by atoms with van der Waals surface area (Å²) in [4.78, 5) is 16.1. The van der Waals surface area contributed by atoms with E-state index in [1.807, 2.05) is 26.1 Å². The van der Waals surface area contributed by atoms with E-state index in [9.17, 15) is 4.79 Å². The average Bonchev–Trinajstić information content (AvgIpc) is 2.85. The normalized spacial score (nSPS) is 15.9. The third-order valence-electron chi connectivity index (χ3n) is 2.70. The molecular weight excluding hydrogens is 206 g/mol. The fourth-order valence-corrected chi connectivity index (χ4v) is 2.51. The number of hydrogen-bond donors (Lipinski definition) is 0. The molecular formula is C12H17NOS. The first-order valence-corrected chi connectivity index (χ1v) is 6.25. The Hall–Kier alpha value is -0.670. The molecule has 1 saturated carbocycles. The lowest BCUT2D eigenvalue weighted by molar-refractivity contribution is 0.0948. The van der Waals surface area contributed by atoms with Gasteiger partial charge in [0.2, 0.25) is 0 Å². The highest BCUT2D eigenvalue weighted by Crippen LogP contribution is 2.29. The van der Waals surface area contributed by atoms with Crippen molar-refractivity contribution in [2.45, 2.75) is 19.8 Å². The van der Waals surface area contributed by atoms with E-state index in [0.717, 1.165) is 17.3 Å². The Kier molecular flexibility index (Phi) is 3.22. The number of hydrogen-bond acceptors (Lipinski definition) is 3. The van der Waals surface area contributed by atoms with E-state index >= 15 is 0 Å². The SMILES string of the molecule is Cc1ccc(C(=O)CN(C)CC2CC2)s1. The van der Waals surface area contributed by atoms with E-state index in [0.29, 0.717) is 6.54 Å². The van der Waals surface area contributed by atoms with Gasteiger partial charge in [-0.25, -0.2) is 0 Å². The average molecular weight is 223 g/mol. The molecule has 15 heavy (non-hydrogen) atoms. The molecule has 0 spiro atoms. The van der Waals surface area contributed by atoms with Crippen LogP contribution in [0.5, 0.6) is 0 Å². The second kappa shape index (κ2) is 4.45. The van der Waals surface area contributed by atoms with Crippen LogP contribution in [0.15, 0.2) is 12.1 Å². The summed E-state index contributed by atoms with van der Waals surface area (Å²) >= 11 is 1.60. The molecule has 0 bridgehead atoms. The number of ketones is 1. The van der Waals surface area contributed by atoms with Gasteiger partial charge < -0.3 is 0 Å². The summed E-state index contributed by atoms with van der Waals surface area (Å²) in [5.74, 6) is 1.11. The maximum atomic E-state index is 11.8. The minimum Gasteiger partial charge on any atom is -0.299 e. The molecule has 1 fully saturated rings. The molecule has 3 heteroatoms. The second-order valence-corrected chi connectivity index (χ2v) is 5.76. The number of carbonyl (C=O) groups is 1. The molecule has 2 nitrogen and oxygen atoms in total. The van der Waals surface area contributed by atoms with Crippen molar-refractivity contribution in [3.05, 3.63) is 21.9 Å². The summed E-state index contributed by atoms with van der Waals surface area (Å²) in [6.45, 7) is 3.68. The number of likely N-dealkylation sites (N-methyl/N-ethyl adjacent to an activating group) is 1. The molecule has 1 heterocycles. The van der Waals surface area contributed by atoms with Crippen molar-refractivity contribution in [2.24, 2.45) is 5.92 Å². The Morgan fingerprint density at radius 2 is 2.27 bits per heavy atom. The van der Waals surface area contributed by atoms with Gasteiger partial charge in [-0.05, 0) is 44.9 Å². The lowest BCUT2D eigenvalue weighted by Crippen LogP contribution is -2.27. The molecule has 0 radical (unpaired) electrons. The van der Waals surface area contributed by atoms with Gasteiger partial charge in [-0.3, -0.25) is 9.69 Å². The standard InChI is InChI=1S/C12H17NOS/c1-9-3-6-12(15-9)11(14)8-13(2)7-10-4-5-10/h3,6,10H,4-5,7-8H2,1-2H3. The van der Waals surface area contributed by atoms with Crippen molar-refractivity contribution in [2.75, 3.05) is 20.1 Å². The molecule has 0 amide bonds. The predicted molar refractivity (Wildman–Crippen MR) is 63.6 cm³/mol. The minimum absolute atomic E-state index is 0.260. The van der Waals surface area contributed by atoms with Gasteiger partial charge in [-0.15, -0.1) is 11.3 Å². The molecule has 1 aromatic rings. The van der Waals surface area contributed by atoms with E-state index in [-0.39, 0.29) is 5.78 Å². The van der Waals surface area contributed by atoms with Gasteiger partial charge in [-0.2, -0.15) is 0 Å². The number of aryl methyl sites for hydroxylation is 1. The van der Waals surface area contributed by atoms with Crippen LogP contribution in [0.25, 0.3) is 0 Å². The van der Waals surface area contributed by atoms with Crippen LogP contribution in [-0.2, 0) is 0 Å². The number of rotatable bonds is 5. The third kappa shape index (κ3) is 3.14. The quantitative estimate of drug-likeness (QED) is 0.715. The highest BCUT2D eigenvalue weighted by Gasteiger charge is 2.23. The smallest absolute Gasteiger partial charge is 0.186 e. The number of Topliss-reactive ketones (excluding diaryl/α,β-unsaturated/α-hetero) is 1. The molecule has 82 valence electrons. The highest BCUT2D eigenvalue weighted by atomic mass is 32.1. The summed E-state index contributed by atoms with van der Waals surface area (Å²) in [5, 5.41) is 0. The predicted octanol–water partition coefficient (Wildman–Crippen LogP) is 2.58. The molecule has 0 saturated heterocycles. The van der Waals surface area contributed by atoms with Gasteiger partial charge in [0.05, 0.1) is 11.4 Å². The van der Waals surface area contributed by atoms with Crippen LogP contribution < -0.4 is 0 Å². The Labute approximate surface area is 94.9 Å². The fourth-order valence-electron chi connectivity index (χ4n) is 1.71. The van der Waals surface area contributed by atoms with Crippen LogP contribution in [0.4, 0.5) is 0 Å². The number of thiophene rings is 1. The van der Waals surface area contributed by atoms with Crippen molar-refractivity contribution in [3.8, 4) is 0 Å². The summed E-state index contributed by atoms with van der Waals surface area (Å²) in [5.41, 5.74) is 0. The molecule has 0 N–H and O–H groups in total. The van der Waals surface area contributed by atoms with E-state index in [1.165, 1.54) is 17.7 Å². The highest BCUT2D eigenvalue weighted by molar-refractivity contribution is 7.14. The van der Waals surface area contributed by atoms with Crippen LogP contribution in [0.3, 0.4) is 0 Å². The van der Waals surface area contributed by atoms with E-state index < -0.39 is 0 Å². The van der Waals surface area contributed by atoms with Crippen LogP contribution in [0, 0.1) is 12.8 Å². The maximum absolute atomic E-state index is 11.8. The van der Waals surface area contributed by atoms with Gasteiger partial charge in [0, 0.05) is 11.4 Å². The van der Waals surface area contributed by atoms with Gasteiger partial charge in [0.15, 0.2) is 5.78 Å². The molecule has 0 aromatic carbocycles. The van der Waals surface area contributed by atoms with Crippen LogP contribution in [0.1, 0.15) is 27.4 Å². The summed E-state index contributed by atoms with van der Waals surface area (Å²) in [7, 11) is 2.04. The first-order chi connectivity index (χ1) is 7.15. The molecule has 2 rings (SSSR count). The van der Waals surface area contributed by atoms with Crippen LogP contribution in [0.2, 0.25) is 0 Å². The molecule has 1 aromatic heterocycles. The third-order valence-corrected chi connectivity index (χ3v) is 3.74. The fraction of sp³-hybridized carbons (Fsp3) is 0.583. The molecule has 1 aliphatic rings. The lowest BCUT2D eigenvalue weighted by atomic mass is 10.3. The summed E-state index contributed by atoms with van der Waals surface area (Å²) in [6, 6.07) is 3.95. The van der Waals surface area contributed by atoms with Crippen LogP contribution >= 0.6 is 11.3 Å². The Morgan fingerprint density at radius 3 is 2.80 bits per heavy atom. The Balaban J connectivity index is 1.85. The lowest BCUT2D eigenvalue weighted by Gasteiger charge is -2.14. The Morgan fingerprint density at radius 1 is 1.53 bits per heavy atom. The first-order valence-electron chi connectivity index (χ1n) is 5.43. The van der Waals surface area contributed by atoms with Gasteiger partial charge in [-0.1, -0.05) is 0 Å². The molecule has 0 unspecified atom stereocenters. The minimum atomic E-state index is 0.260. The zero-order valence-corrected chi connectivity index (χ0v) is 10.1. The summed E-state index contributed by atoms with van der Waals surface area (Å²) < 4.78 is 0. The molecule has 0 aliphatic heterocycles. The van der Waals surface area contributed by atoms with E-state index in [4.69, 9.17) is 0 Å². The zero-order valence-electron chi connectivity index (χ0n) is 9.32. The van der Waals surface area contributed by atoms with E-state index in [1.54, 1.807) is 11.3 Å². The van der Waals surface area contributed by atoms with Gasteiger partial charge >= 0.3 is 0 Å². The van der Waals surface area contributed by atoms with Crippen molar-refractivity contribution < 1.29 is 4.79 Å².